The van der Waals surface area contributed by atoms with E-state index in [9.17, 15) is 4.79 Å². The Bertz CT molecular complexity index is 858. The lowest BCUT2D eigenvalue weighted by molar-refractivity contribution is -0.123. The Morgan fingerprint density at radius 3 is 1.75 bits per heavy atom. The van der Waals surface area contributed by atoms with Crippen molar-refractivity contribution in [2.24, 2.45) is 88.3 Å². The van der Waals surface area contributed by atoms with E-state index >= 15 is 0 Å². The van der Waals surface area contributed by atoms with E-state index in [0.29, 0.717) is 0 Å². The third-order valence-corrected chi connectivity index (χ3v) is 12.8. The Balaban J connectivity index is 1.31. The SMILES string of the molecule is O=CC1(Cc2ccccc2)[C@@H]2[C@@H]3CC[C@H]4C5C6[C@H]([C@@H]2[C@H]2[C@H]6[C@@H]6[C@@H](CC[C@H]56)[C@H]21)[C@@H]34. The molecule has 0 amide bonds. The highest BCUT2D eigenvalue weighted by molar-refractivity contribution is 5.65. The fourth-order valence-corrected chi connectivity index (χ4v) is 13.4. The molecule has 0 N–H and O–H groups in total. The number of rotatable bonds is 3. The molecule has 0 bridgehead atoms. The maximum Gasteiger partial charge on any atom is 0.127 e. The second-order valence-electron chi connectivity index (χ2n) is 12.4. The van der Waals surface area contributed by atoms with Crippen molar-refractivity contribution in [3.05, 3.63) is 35.9 Å². The molecule has 0 aromatic heterocycles. The van der Waals surface area contributed by atoms with E-state index in [4.69, 9.17) is 0 Å². The molecule has 1 heteroatoms. The maximum atomic E-state index is 13.2. The monoisotopic (exact) mass is 370 g/mol. The zero-order valence-corrected chi connectivity index (χ0v) is 16.5. The molecule has 1 nitrogen and oxygen atoms in total. The summed E-state index contributed by atoms with van der Waals surface area (Å²) in [7, 11) is 0. The first-order chi connectivity index (χ1) is 13.8. The Kier molecular flexibility index (Phi) is 2.29. The van der Waals surface area contributed by atoms with Crippen LogP contribution >= 0.6 is 0 Å². The van der Waals surface area contributed by atoms with Gasteiger partial charge in [-0.05, 0) is 121 Å². The van der Waals surface area contributed by atoms with Crippen molar-refractivity contribution in [2.45, 2.75) is 32.1 Å². The summed E-state index contributed by atoms with van der Waals surface area (Å²) in [5, 5.41) is 0. The molecule has 0 radical (unpaired) electrons. The van der Waals surface area contributed by atoms with Gasteiger partial charge in [-0.1, -0.05) is 30.3 Å². The van der Waals surface area contributed by atoms with Crippen LogP contribution in [-0.4, -0.2) is 6.29 Å². The van der Waals surface area contributed by atoms with Crippen LogP contribution in [0.2, 0.25) is 0 Å². The zero-order valence-electron chi connectivity index (χ0n) is 16.5. The molecular weight excluding hydrogens is 340 g/mol. The summed E-state index contributed by atoms with van der Waals surface area (Å²) >= 11 is 0. The van der Waals surface area contributed by atoms with Gasteiger partial charge >= 0.3 is 0 Å². The molecule has 15 atom stereocenters. The molecular formula is C27H30O. The van der Waals surface area contributed by atoms with Gasteiger partial charge in [0.25, 0.3) is 0 Å². The van der Waals surface area contributed by atoms with Crippen molar-refractivity contribution >= 4 is 6.29 Å². The summed E-state index contributed by atoms with van der Waals surface area (Å²) < 4.78 is 0. The number of carbonyl (C=O) groups is 1. The van der Waals surface area contributed by atoms with Crippen LogP contribution in [0, 0.1) is 88.3 Å². The topological polar surface area (TPSA) is 17.1 Å². The van der Waals surface area contributed by atoms with Crippen molar-refractivity contribution in [3.63, 3.8) is 0 Å². The van der Waals surface area contributed by atoms with Crippen molar-refractivity contribution < 1.29 is 4.79 Å². The molecule has 9 rings (SSSR count). The average molecular weight is 371 g/mol. The smallest absolute Gasteiger partial charge is 0.127 e. The molecule has 0 saturated heterocycles. The molecule has 28 heavy (non-hydrogen) atoms. The molecule has 3 unspecified atom stereocenters. The van der Waals surface area contributed by atoms with Crippen molar-refractivity contribution in [3.8, 4) is 0 Å². The van der Waals surface area contributed by atoms with Crippen LogP contribution in [0.3, 0.4) is 0 Å². The summed E-state index contributed by atoms with van der Waals surface area (Å²) in [5.41, 5.74) is 1.41. The minimum atomic E-state index is -0.0229. The quantitative estimate of drug-likeness (QED) is 0.704. The van der Waals surface area contributed by atoms with Crippen LogP contribution in [0.1, 0.15) is 31.2 Å². The largest absolute Gasteiger partial charge is 0.303 e. The van der Waals surface area contributed by atoms with Gasteiger partial charge in [0, 0.05) is 5.41 Å². The lowest BCUT2D eigenvalue weighted by atomic mass is 9.61. The van der Waals surface area contributed by atoms with Gasteiger partial charge in [0.2, 0.25) is 0 Å². The van der Waals surface area contributed by atoms with E-state index in [2.05, 4.69) is 30.3 Å². The predicted molar refractivity (Wildman–Crippen MR) is 106 cm³/mol. The van der Waals surface area contributed by atoms with Crippen LogP contribution in [0.15, 0.2) is 30.3 Å². The number of fused-ring (bicyclic) bond motifs is 4. The first kappa shape index (κ1) is 14.8. The molecule has 0 heterocycles. The van der Waals surface area contributed by atoms with Crippen LogP contribution in [0.5, 0.6) is 0 Å². The second kappa shape index (κ2) is 4.33. The molecule has 144 valence electrons. The highest BCUT2D eigenvalue weighted by Crippen LogP contribution is 2.90. The van der Waals surface area contributed by atoms with Crippen LogP contribution in [-0.2, 0) is 11.2 Å². The molecule has 8 fully saturated rings. The lowest BCUT2D eigenvalue weighted by Crippen LogP contribution is -2.43. The van der Waals surface area contributed by atoms with Gasteiger partial charge in [-0.3, -0.25) is 0 Å². The number of hydrogen-bond donors (Lipinski definition) is 0. The zero-order chi connectivity index (χ0) is 17.9. The Morgan fingerprint density at radius 1 is 0.679 bits per heavy atom. The summed E-state index contributed by atoms with van der Waals surface area (Å²) in [6, 6.07) is 11.1. The standard InChI is InChI=1S/C27H30O/c28-11-27(10-12-4-2-1-3-5-12)25-15-8-6-13-17-14-7-9-16-19(14)22-20(17)21(18(13)15)23(25)24(22)26(16)27/h1-5,11,13-26H,6-10H2/t13-,14+,15-,16-,17?,18+,19-,20?,21+,22-,23-,24-,25-,26-,27?/m1/s1. The minimum Gasteiger partial charge on any atom is -0.303 e. The molecule has 0 aliphatic heterocycles. The van der Waals surface area contributed by atoms with E-state index in [-0.39, 0.29) is 5.41 Å². The lowest BCUT2D eigenvalue weighted by Gasteiger charge is -2.42. The Hall–Kier alpha value is -1.11. The van der Waals surface area contributed by atoms with E-state index in [1.165, 1.54) is 31.2 Å². The second-order valence-corrected chi connectivity index (χ2v) is 12.4. The molecule has 8 aliphatic rings. The highest BCUT2D eigenvalue weighted by atomic mass is 16.1. The van der Waals surface area contributed by atoms with Crippen LogP contribution in [0.4, 0.5) is 0 Å². The molecule has 0 spiro atoms. The van der Waals surface area contributed by atoms with Gasteiger partial charge in [0.05, 0.1) is 0 Å². The molecule has 1 aromatic carbocycles. The van der Waals surface area contributed by atoms with E-state index in [1.54, 1.807) is 6.29 Å². The fraction of sp³-hybridized carbons (Fsp3) is 0.741. The summed E-state index contributed by atoms with van der Waals surface area (Å²) in [4.78, 5) is 13.2. The third-order valence-electron chi connectivity index (χ3n) is 12.8. The van der Waals surface area contributed by atoms with E-state index in [0.717, 1.165) is 89.3 Å². The van der Waals surface area contributed by atoms with Gasteiger partial charge < -0.3 is 4.79 Å². The van der Waals surface area contributed by atoms with Gasteiger partial charge in [-0.25, -0.2) is 0 Å². The summed E-state index contributed by atoms with van der Waals surface area (Å²) in [6.45, 7) is 0. The number of carbonyl (C=O) groups excluding carboxylic acids is 1. The number of aldehydes is 1. The normalized spacial score (nSPS) is 67.1. The molecule has 8 saturated carbocycles. The highest BCUT2D eigenvalue weighted by Gasteiger charge is 2.87. The van der Waals surface area contributed by atoms with E-state index < -0.39 is 0 Å². The average Bonchev–Trinajstić information content (AvgIpc) is 3.48. The van der Waals surface area contributed by atoms with Crippen LogP contribution in [0.25, 0.3) is 0 Å². The first-order valence-corrected chi connectivity index (χ1v) is 12.4. The van der Waals surface area contributed by atoms with Crippen molar-refractivity contribution in [1.29, 1.82) is 0 Å². The van der Waals surface area contributed by atoms with Crippen molar-refractivity contribution in [2.75, 3.05) is 0 Å². The fourth-order valence-electron chi connectivity index (χ4n) is 13.4. The van der Waals surface area contributed by atoms with E-state index in [1.807, 2.05) is 0 Å². The Morgan fingerprint density at radius 2 is 1.18 bits per heavy atom. The first-order valence-electron chi connectivity index (χ1n) is 12.4. The summed E-state index contributed by atoms with van der Waals surface area (Å²) in [6.07, 6.45) is 8.59. The van der Waals surface area contributed by atoms with Crippen LogP contribution < -0.4 is 0 Å². The maximum absolute atomic E-state index is 13.2. The van der Waals surface area contributed by atoms with Gasteiger partial charge in [-0.2, -0.15) is 0 Å². The van der Waals surface area contributed by atoms with Gasteiger partial charge in [-0.15, -0.1) is 0 Å². The van der Waals surface area contributed by atoms with Crippen molar-refractivity contribution in [1.82, 2.24) is 0 Å². The number of hydrogen-bond acceptors (Lipinski definition) is 1. The Labute approximate surface area is 167 Å². The molecule has 1 aromatic rings. The molecule has 8 aliphatic carbocycles. The minimum absolute atomic E-state index is 0.0229. The van der Waals surface area contributed by atoms with Gasteiger partial charge in [0.15, 0.2) is 0 Å². The summed E-state index contributed by atoms with van der Waals surface area (Å²) in [5.74, 6) is 13.7. The van der Waals surface area contributed by atoms with Gasteiger partial charge in [0.1, 0.15) is 6.29 Å². The predicted octanol–water partition coefficient (Wildman–Crippen LogP) is 4.71. The third kappa shape index (κ3) is 1.20. The number of benzene rings is 1.